The van der Waals surface area contributed by atoms with Gasteiger partial charge in [0.15, 0.2) is 5.96 Å². The van der Waals surface area contributed by atoms with Gasteiger partial charge in [-0.25, -0.2) is 4.99 Å². The summed E-state index contributed by atoms with van der Waals surface area (Å²) in [5.74, 6) is 0.503. The lowest BCUT2D eigenvalue weighted by Crippen LogP contribution is -2.25. The molecular formula is C17H19N3. The summed E-state index contributed by atoms with van der Waals surface area (Å²) in [6.45, 7) is 0.689. The average molecular weight is 265 g/mol. The molecule has 0 saturated carbocycles. The van der Waals surface area contributed by atoms with Crippen molar-refractivity contribution in [3.8, 4) is 0 Å². The van der Waals surface area contributed by atoms with Gasteiger partial charge in [-0.2, -0.15) is 0 Å². The van der Waals surface area contributed by atoms with Crippen molar-refractivity contribution in [2.24, 2.45) is 10.7 Å². The lowest BCUT2D eigenvalue weighted by atomic mass is 10.1. The van der Waals surface area contributed by atoms with Crippen molar-refractivity contribution in [2.75, 3.05) is 5.32 Å². The number of hydrogen-bond acceptors (Lipinski definition) is 3. The molecule has 3 heteroatoms. The third-order valence-corrected chi connectivity index (χ3v) is 3.71. The van der Waals surface area contributed by atoms with Gasteiger partial charge in [0.2, 0.25) is 0 Å². The Morgan fingerprint density at radius 1 is 0.850 bits per heavy atom. The zero-order valence-corrected chi connectivity index (χ0v) is 11.5. The fourth-order valence-corrected chi connectivity index (χ4v) is 2.64. The minimum atomic E-state index is 0.503. The third kappa shape index (κ3) is 2.82. The van der Waals surface area contributed by atoms with E-state index in [0.717, 1.165) is 5.69 Å². The second-order valence-corrected chi connectivity index (χ2v) is 5.11. The smallest absolute Gasteiger partial charge is 0.193 e. The number of aliphatic imine (C=N–C) groups is 1. The second kappa shape index (κ2) is 5.78. The van der Waals surface area contributed by atoms with E-state index in [9.17, 15) is 0 Å². The summed E-state index contributed by atoms with van der Waals surface area (Å²) in [5.41, 5.74) is 10.9. The average Bonchev–Trinajstić information content (AvgIpc) is 2.96. The zero-order valence-electron chi connectivity index (χ0n) is 11.5. The fraction of sp³-hybridized carbons (Fsp3) is 0.235. The Kier molecular flexibility index (Phi) is 3.68. The number of nitrogens with one attached hydrogen (secondary N) is 1. The molecule has 0 unspecified atom stereocenters. The van der Waals surface area contributed by atoms with E-state index in [2.05, 4.69) is 34.6 Å². The van der Waals surface area contributed by atoms with Crippen molar-refractivity contribution in [2.45, 2.75) is 25.8 Å². The van der Waals surface area contributed by atoms with Crippen LogP contribution in [0, 0.1) is 0 Å². The molecule has 4 rings (SSSR count). The summed E-state index contributed by atoms with van der Waals surface area (Å²) in [6.07, 6.45) is 3.96. The van der Waals surface area contributed by atoms with Crippen molar-refractivity contribution in [3.05, 3.63) is 65.2 Å². The van der Waals surface area contributed by atoms with Crippen LogP contribution in [0.3, 0.4) is 0 Å². The number of rotatable bonds is 0. The number of aryl methyl sites for hydroxylation is 2. The summed E-state index contributed by atoms with van der Waals surface area (Å²) in [5, 5.41) is 2.99. The zero-order chi connectivity index (χ0) is 13.8. The highest BCUT2D eigenvalue weighted by atomic mass is 15.1. The van der Waals surface area contributed by atoms with Crippen molar-refractivity contribution in [1.29, 1.82) is 0 Å². The first-order valence-corrected chi connectivity index (χ1v) is 7.04. The number of guanidine groups is 1. The number of para-hydroxylation sites is 1. The molecule has 0 radical (unpaired) electrons. The summed E-state index contributed by atoms with van der Waals surface area (Å²) in [4.78, 5) is 4.05. The minimum absolute atomic E-state index is 0.503. The van der Waals surface area contributed by atoms with Crippen LogP contribution in [0.2, 0.25) is 0 Å². The maximum atomic E-state index is 5.49. The Labute approximate surface area is 119 Å². The van der Waals surface area contributed by atoms with E-state index in [1.54, 1.807) is 11.1 Å². The fourth-order valence-electron chi connectivity index (χ4n) is 2.64. The molecule has 1 aliphatic carbocycles. The number of fused-ring (bicyclic) bond motifs is 2. The molecule has 1 aliphatic heterocycles. The Morgan fingerprint density at radius 3 is 2.15 bits per heavy atom. The number of nitrogens with zero attached hydrogens (tertiary/aromatic N) is 1. The maximum absolute atomic E-state index is 5.49. The van der Waals surface area contributed by atoms with Gasteiger partial charge < -0.3 is 11.1 Å². The van der Waals surface area contributed by atoms with Crippen LogP contribution < -0.4 is 11.1 Å². The quantitative estimate of drug-likeness (QED) is 0.769. The van der Waals surface area contributed by atoms with Gasteiger partial charge in [0.05, 0.1) is 6.54 Å². The number of anilines is 1. The van der Waals surface area contributed by atoms with Gasteiger partial charge >= 0.3 is 0 Å². The molecule has 0 spiro atoms. The van der Waals surface area contributed by atoms with E-state index in [1.807, 2.05) is 24.3 Å². The molecule has 0 bridgehead atoms. The van der Waals surface area contributed by atoms with Crippen molar-refractivity contribution in [1.82, 2.24) is 0 Å². The van der Waals surface area contributed by atoms with Gasteiger partial charge in [-0.05, 0) is 42.0 Å². The van der Waals surface area contributed by atoms with E-state index in [4.69, 9.17) is 5.73 Å². The van der Waals surface area contributed by atoms with Crippen LogP contribution >= 0.6 is 0 Å². The highest BCUT2D eigenvalue weighted by Gasteiger charge is 2.07. The van der Waals surface area contributed by atoms with Crippen LogP contribution in [-0.2, 0) is 19.4 Å². The van der Waals surface area contributed by atoms with E-state index < -0.39 is 0 Å². The van der Waals surface area contributed by atoms with Gasteiger partial charge in [0, 0.05) is 5.69 Å². The molecular weight excluding hydrogens is 246 g/mol. The topological polar surface area (TPSA) is 50.4 Å². The van der Waals surface area contributed by atoms with Crippen LogP contribution in [0.1, 0.15) is 23.1 Å². The number of hydrogen-bond donors (Lipinski definition) is 2. The molecule has 2 aliphatic rings. The first-order valence-electron chi connectivity index (χ1n) is 7.04. The van der Waals surface area contributed by atoms with Gasteiger partial charge in [0.25, 0.3) is 0 Å². The molecule has 3 nitrogen and oxygen atoms in total. The normalized spacial score (nSPS) is 15.1. The lowest BCUT2D eigenvalue weighted by molar-refractivity contribution is 0.912. The molecule has 3 N–H and O–H groups in total. The van der Waals surface area contributed by atoms with Crippen molar-refractivity contribution >= 4 is 11.6 Å². The predicted molar refractivity (Wildman–Crippen MR) is 83.9 cm³/mol. The van der Waals surface area contributed by atoms with Crippen LogP contribution in [-0.4, -0.2) is 5.96 Å². The van der Waals surface area contributed by atoms with Gasteiger partial charge in [0.1, 0.15) is 0 Å². The van der Waals surface area contributed by atoms with E-state index in [1.165, 1.54) is 24.8 Å². The molecule has 0 saturated heterocycles. The maximum Gasteiger partial charge on any atom is 0.193 e. The van der Waals surface area contributed by atoms with Crippen LogP contribution in [0.15, 0.2) is 53.5 Å². The Morgan fingerprint density at radius 2 is 1.45 bits per heavy atom. The highest BCUT2D eigenvalue weighted by Crippen LogP contribution is 2.20. The lowest BCUT2D eigenvalue weighted by Gasteiger charge is -2.14. The number of nitrogens with two attached hydrogens (primary N) is 1. The summed E-state index contributed by atoms with van der Waals surface area (Å²) >= 11 is 0. The Bertz CT molecular complexity index is 609. The van der Waals surface area contributed by atoms with Crippen molar-refractivity contribution in [3.63, 3.8) is 0 Å². The van der Waals surface area contributed by atoms with Crippen molar-refractivity contribution < 1.29 is 0 Å². The Balaban J connectivity index is 0.000000123. The largest absolute Gasteiger partial charge is 0.370 e. The van der Waals surface area contributed by atoms with E-state index >= 15 is 0 Å². The summed E-state index contributed by atoms with van der Waals surface area (Å²) in [6, 6.07) is 16.7. The monoisotopic (exact) mass is 265 g/mol. The van der Waals surface area contributed by atoms with Crippen LogP contribution in [0.25, 0.3) is 0 Å². The molecule has 1 heterocycles. The molecule has 20 heavy (non-hydrogen) atoms. The van der Waals surface area contributed by atoms with Crippen LogP contribution in [0.4, 0.5) is 5.69 Å². The molecule has 2 aromatic carbocycles. The van der Waals surface area contributed by atoms with Gasteiger partial charge in [-0.3, -0.25) is 0 Å². The second-order valence-electron chi connectivity index (χ2n) is 5.11. The summed E-state index contributed by atoms with van der Waals surface area (Å²) < 4.78 is 0. The molecule has 0 amide bonds. The SMILES string of the molecule is NC1=NCc2ccccc2N1.c1ccc2c(c1)CCC2. The molecule has 0 atom stereocenters. The third-order valence-electron chi connectivity index (χ3n) is 3.71. The first kappa shape index (κ1) is 12.7. The van der Waals surface area contributed by atoms with E-state index in [-0.39, 0.29) is 0 Å². The highest BCUT2D eigenvalue weighted by molar-refractivity contribution is 5.94. The van der Waals surface area contributed by atoms with Gasteiger partial charge in [-0.1, -0.05) is 42.5 Å². The standard InChI is InChI=1S/C9H10.C8H9N3/c1-2-5-9-7-3-6-8(9)4-1;9-8-10-5-6-3-1-2-4-7(6)11-8/h1-2,4-5H,3,6-7H2;1-4H,5H2,(H3,9,10,11). The molecule has 0 fully saturated rings. The van der Waals surface area contributed by atoms with Gasteiger partial charge in [-0.15, -0.1) is 0 Å². The molecule has 102 valence electrons. The summed E-state index contributed by atoms with van der Waals surface area (Å²) in [7, 11) is 0. The molecule has 0 aromatic heterocycles. The Hall–Kier alpha value is -2.29. The number of benzene rings is 2. The van der Waals surface area contributed by atoms with E-state index in [0.29, 0.717) is 12.5 Å². The van der Waals surface area contributed by atoms with Crippen LogP contribution in [0.5, 0.6) is 0 Å². The molecule has 2 aromatic rings. The predicted octanol–water partition coefficient (Wildman–Crippen LogP) is 3.10. The minimum Gasteiger partial charge on any atom is -0.370 e. The first-order chi connectivity index (χ1) is 9.83.